The number of rotatable bonds is 3. The van der Waals surface area contributed by atoms with E-state index in [1.807, 2.05) is 0 Å². The Bertz CT molecular complexity index is 648. The smallest absolute Gasteiger partial charge is 0.327 e. The van der Waals surface area contributed by atoms with Crippen molar-refractivity contribution in [2.45, 2.75) is 37.8 Å². The van der Waals surface area contributed by atoms with Gasteiger partial charge in [-0.05, 0) is 37.8 Å². The van der Waals surface area contributed by atoms with Crippen molar-refractivity contribution in [3.05, 3.63) is 48.8 Å². The lowest BCUT2D eigenvalue weighted by atomic mass is 9.91. The molecule has 0 spiro atoms. The van der Waals surface area contributed by atoms with Crippen molar-refractivity contribution >= 4 is 11.9 Å². The summed E-state index contributed by atoms with van der Waals surface area (Å²) >= 11 is 0. The van der Waals surface area contributed by atoms with E-state index in [2.05, 4.69) is 20.6 Å². The second kappa shape index (κ2) is 7.04. The molecule has 0 aliphatic heterocycles. The normalized spacial score (nSPS) is 20.7. The van der Waals surface area contributed by atoms with Crippen molar-refractivity contribution in [1.82, 2.24) is 25.2 Å². The van der Waals surface area contributed by atoms with Gasteiger partial charge < -0.3 is 10.6 Å². The minimum absolute atomic E-state index is 0.0935. The lowest BCUT2D eigenvalue weighted by molar-refractivity contribution is 0.0924. The van der Waals surface area contributed by atoms with Crippen molar-refractivity contribution in [3.8, 4) is 0 Å². The molecule has 120 valence electrons. The molecule has 7 heteroatoms. The Balaban J connectivity index is 1.45. The lowest BCUT2D eigenvalue weighted by Crippen LogP contribution is -2.44. The maximum absolute atomic E-state index is 12.1. The molecule has 2 aromatic rings. The van der Waals surface area contributed by atoms with Crippen LogP contribution in [0, 0.1) is 0 Å². The monoisotopic (exact) mass is 313 g/mol. The molecule has 0 atom stereocenters. The molecule has 1 saturated carbocycles. The highest BCUT2D eigenvalue weighted by Crippen LogP contribution is 2.19. The first-order valence-electron chi connectivity index (χ1n) is 7.72. The molecule has 0 saturated heterocycles. The molecule has 1 aliphatic rings. The van der Waals surface area contributed by atoms with Crippen LogP contribution in [-0.4, -0.2) is 38.6 Å². The van der Waals surface area contributed by atoms with Crippen molar-refractivity contribution in [3.63, 3.8) is 0 Å². The van der Waals surface area contributed by atoms with Crippen LogP contribution in [0.25, 0.3) is 0 Å². The van der Waals surface area contributed by atoms with Crippen LogP contribution in [0.15, 0.2) is 43.2 Å². The van der Waals surface area contributed by atoms with Gasteiger partial charge in [0.2, 0.25) is 0 Å². The second-order valence-corrected chi connectivity index (χ2v) is 5.68. The number of carbonyl (C=O) groups is 2. The number of nitrogens with zero attached hydrogens (tertiary/aromatic N) is 3. The summed E-state index contributed by atoms with van der Waals surface area (Å²) < 4.78 is 1.43. The number of pyridine rings is 1. The van der Waals surface area contributed by atoms with E-state index in [1.165, 1.54) is 10.9 Å². The Labute approximate surface area is 134 Å². The summed E-state index contributed by atoms with van der Waals surface area (Å²) in [6.45, 7) is 0. The van der Waals surface area contributed by atoms with Gasteiger partial charge in [0.05, 0.1) is 5.56 Å². The fourth-order valence-corrected chi connectivity index (χ4v) is 2.78. The minimum Gasteiger partial charge on any atom is -0.349 e. The largest absolute Gasteiger partial charge is 0.349 e. The van der Waals surface area contributed by atoms with Gasteiger partial charge in [0.15, 0.2) is 0 Å². The first-order chi connectivity index (χ1) is 11.2. The van der Waals surface area contributed by atoms with Gasteiger partial charge in [0, 0.05) is 36.9 Å². The quantitative estimate of drug-likeness (QED) is 0.900. The SMILES string of the molecule is O=C(NC1CCC(NC(=O)n2ccnc2)CC1)c1cccnc1. The molecular weight excluding hydrogens is 294 g/mol. The van der Waals surface area contributed by atoms with Crippen LogP contribution in [0.2, 0.25) is 0 Å². The zero-order chi connectivity index (χ0) is 16.1. The summed E-state index contributed by atoms with van der Waals surface area (Å²) in [5.74, 6) is -0.0935. The highest BCUT2D eigenvalue weighted by atomic mass is 16.2. The number of hydrogen-bond acceptors (Lipinski definition) is 4. The van der Waals surface area contributed by atoms with E-state index in [-0.39, 0.29) is 24.0 Å². The highest BCUT2D eigenvalue weighted by molar-refractivity contribution is 5.94. The number of nitrogens with one attached hydrogen (secondary N) is 2. The third kappa shape index (κ3) is 3.94. The number of carbonyl (C=O) groups excluding carboxylic acids is 2. The zero-order valence-corrected chi connectivity index (χ0v) is 12.7. The Morgan fingerprint density at radius 3 is 2.39 bits per heavy atom. The molecule has 2 aromatic heterocycles. The van der Waals surface area contributed by atoms with Gasteiger partial charge in [-0.3, -0.25) is 14.3 Å². The van der Waals surface area contributed by atoms with Crippen LogP contribution >= 0.6 is 0 Å². The van der Waals surface area contributed by atoms with Crippen molar-refractivity contribution in [1.29, 1.82) is 0 Å². The van der Waals surface area contributed by atoms with Crippen LogP contribution in [-0.2, 0) is 0 Å². The average molecular weight is 313 g/mol. The van der Waals surface area contributed by atoms with E-state index in [0.29, 0.717) is 5.56 Å². The number of imidazole rings is 1. The Morgan fingerprint density at radius 1 is 1.04 bits per heavy atom. The van der Waals surface area contributed by atoms with Gasteiger partial charge in [-0.2, -0.15) is 0 Å². The maximum atomic E-state index is 12.1. The van der Waals surface area contributed by atoms with E-state index in [9.17, 15) is 9.59 Å². The summed E-state index contributed by atoms with van der Waals surface area (Å²) in [5, 5.41) is 6.02. The summed E-state index contributed by atoms with van der Waals surface area (Å²) in [4.78, 5) is 31.9. The molecule has 0 unspecified atom stereocenters. The summed E-state index contributed by atoms with van der Waals surface area (Å²) in [6, 6.07) is 3.61. The maximum Gasteiger partial charge on any atom is 0.327 e. The van der Waals surface area contributed by atoms with Crippen LogP contribution in [0.3, 0.4) is 0 Å². The lowest BCUT2D eigenvalue weighted by Gasteiger charge is -2.29. The van der Waals surface area contributed by atoms with Crippen LogP contribution in [0.4, 0.5) is 4.79 Å². The minimum atomic E-state index is -0.162. The van der Waals surface area contributed by atoms with E-state index in [4.69, 9.17) is 0 Å². The fourth-order valence-electron chi connectivity index (χ4n) is 2.78. The van der Waals surface area contributed by atoms with Crippen LogP contribution in [0.1, 0.15) is 36.0 Å². The zero-order valence-electron chi connectivity index (χ0n) is 12.7. The third-order valence-corrected chi connectivity index (χ3v) is 4.05. The molecule has 2 heterocycles. The fraction of sp³-hybridized carbons (Fsp3) is 0.375. The molecule has 0 bridgehead atoms. The van der Waals surface area contributed by atoms with Gasteiger partial charge in [-0.1, -0.05) is 0 Å². The van der Waals surface area contributed by atoms with Gasteiger partial charge in [0.25, 0.3) is 5.91 Å². The molecule has 2 N–H and O–H groups in total. The summed E-state index contributed by atoms with van der Waals surface area (Å²) in [6.07, 6.45) is 11.3. The molecule has 7 nitrogen and oxygen atoms in total. The molecule has 23 heavy (non-hydrogen) atoms. The standard InChI is InChI=1S/C16H19N5O2/c22-15(12-2-1-7-17-10-12)19-13-3-5-14(6-4-13)20-16(23)21-9-8-18-11-21/h1-2,7-11,13-14H,3-6H2,(H,19,22)(H,20,23). The molecule has 1 aliphatic carbocycles. The Hall–Kier alpha value is -2.70. The second-order valence-electron chi connectivity index (χ2n) is 5.68. The van der Waals surface area contributed by atoms with Crippen molar-refractivity contribution in [2.75, 3.05) is 0 Å². The molecule has 0 radical (unpaired) electrons. The molecule has 3 rings (SSSR count). The third-order valence-electron chi connectivity index (χ3n) is 4.05. The Kier molecular flexibility index (Phi) is 4.65. The van der Waals surface area contributed by atoms with E-state index < -0.39 is 0 Å². The van der Waals surface area contributed by atoms with Crippen molar-refractivity contribution < 1.29 is 9.59 Å². The predicted octanol–water partition coefficient (Wildman–Crippen LogP) is 1.58. The van der Waals surface area contributed by atoms with Crippen molar-refractivity contribution in [2.24, 2.45) is 0 Å². The van der Waals surface area contributed by atoms with E-state index in [1.54, 1.807) is 36.9 Å². The molecule has 0 aromatic carbocycles. The summed E-state index contributed by atoms with van der Waals surface area (Å²) in [5.41, 5.74) is 0.572. The number of hydrogen-bond donors (Lipinski definition) is 2. The van der Waals surface area contributed by atoms with Crippen LogP contribution in [0.5, 0.6) is 0 Å². The highest BCUT2D eigenvalue weighted by Gasteiger charge is 2.24. The van der Waals surface area contributed by atoms with E-state index in [0.717, 1.165) is 25.7 Å². The molecule has 2 amide bonds. The summed E-state index contributed by atoms with van der Waals surface area (Å²) in [7, 11) is 0. The molecular formula is C16H19N5O2. The topological polar surface area (TPSA) is 88.9 Å². The van der Waals surface area contributed by atoms with E-state index >= 15 is 0 Å². The first kappa shape index (κ1) is 15.2. The number of aromatic nitrogens is 3. The average Bonchev–Trinajstić information content (AvgIpc) is 3.12. The predicted molar refractivity (Wildman–Crippen MR) is 83.9 cm³/mol. The molecule has 1 fully saturated rings. The first-order valence-corrected chi connectivity index (χ1v) is 7.72. The van der Waals surface area contributed by atoms with Gasteiger partial charge >= 0.3 is 6.03 Å². The van der Waals surface area contributed by atoms with Crippen LogP contribution < -0.4 is 10.6 Å². The van der Waals surface area contributed by atoms with Gasteiger partial charge in [-0.15, -0.1) is 0 Å². The Morgan fingerprint density at radius 2 is 1.78 bits per heavy atom. The number of amides is 2. The van der Waals surface area contributed by atoms with Gasteiger partial charge in [-0.25, -0.2) is 9.78 Å². The van der Waals surface area contributed by atoms with Gasteiger partial charge in [0.1, 0.15) is 6.33 Å².